The molecule has 29 heavy (non-hydrogen) atoms. The summed E-state index contributed by atoms with van der Waals surface area (Å²) in [6.07, 6.45) is 4.55. The van der Waals surface area contributed by atoms with E-state index in [1.54, 1.807) is 37.3 Å². The van der Waals surface area contributed by atoms with Crippen LogP contribution in [0.25, 0.3) is 11.0 Å². The molecule has 0 spiro atoms. The number of benzene rings is 1. The van der Waals surface area contributed by atoms with Crippen molar-refractivity contribution < 1.29 is 19.0 Å². The standard InChI is InChI=1S/C20H19N3O5S/c1-4-9-27-15-7-5-14(11-16(15)26-3)6-8-19(25)28-12-17-22-23-18(24)10-13(2)21-20(23)29-17/h4-8,10-11H,1,9,12H2,2-3H3/b8-6+. The lowest BCUT2D eigenvalue weighted by molar-refractivity contribution is -0.138. The maximum Gasteiger partial charge on any atom is 0.331 e. The zero-order valence-electron chi connectivity index (χ0n) is 16.0. The first kappa shape index (κ1) is 20.3. The first-order chi connectivity index (χ1) is 14.0. The van der Waals surface area contributed by atoms with Gasteiger partial charge in [-0.15, -0.1) is 0 Å². The van der Waals surface area contributed by atoms with Crippen LogP contribution in [0.2, 0.25) is 0 Å². The monoisotopic (exact) mass is 413 g/mol. The minimum absolute atomic E-state index is 0.0483. The van der Waals surface area contributed by atoms with Crippen LogP contribution in [0.4, 0.5) is 0 Å². The summed E-state index contributed by atoms with van der Waals surface area (Å²) in [6, 6.07) is 6.68. The summed E-state index contributed by atoms with van der Waals surface area (Å²) in [4.78, 5) is 28.6. The summed E-state index contributed by atoms with van der Waals surface area (Å²) in [5.74, 6) is 0.596. The number of nitrogens with zero attached hydrogens (tertiary/aromatic N) is 3. The van der Waals surface area contributed by atoms with Crippen LogP contribution in [-0.4, -0.2) is 34.3 Å². The van der Waals surface area contributed by atoms with Gasteiger partial charge in [-0.2, -0.15) is 9.61 Å². The van der Waals surface area contributed by atoms with Crippen molar-refractivity contribution in [2.45, 2.75) is 13.5 Å². The summed E-state index contributed by atoms with van der Waals surface area (Å²) in [5.41, 5.74) is 1.09. The minimum Gasteiger partial charge on any atom is -0.493 e. The lowest BCUT2D eigenvalue weighted by Crippen LogP contribution is -2.14. The van der Waals surface area contributed by atoms with Crippen molar-refractivity contribution in [1.29, 1.82) is 0 Å². The molecule has 0 aliphatic rings. The highest BCUT2D eigenvalue weighted by Crippen LogP contribution is 2.28. The molecule has 0 fully saturated rings. The summed E-state index contributed by atoms with van der Waals surface area (Å²) in [6.45, 7) is 5.66. The summed E-state index contributed by atoms with van der Waals surface area (Å²) in [7, 11) is 1.54. The molecule has 2 aromatic heterocycles. The van der Waals surface area contributed by atoms with Crippen LogP contribution in [0.3, 0.4) is 0 Å². The van der Waals surface area contributed by atoms with E-state index < -0.39 is 5.97 Å². The van der Waals surface area contributed by atoms with Gasteiger partial charge in [-0.05, 0) is 30.7 Å². The maximum absolute atomic E-state index is 12.0. The number of carbonyl (C=O) groups excluding carboxylic acids is 1. The molecule has 0 aliphatic carbocycles. The first-order valence-corrected chi connectivity index (χ1v) is 9.45. The second-order valence-corrected chi connectivity index (χ2v) is 6.92. The number of carbonyl (C=O) groups is 1. The van der Waals surface area contributed by atoms with E-state index in [-0.39, 0.29) is 12.2 Å². The molecule has 8 nitrogen and oxygen atoms in total. The summed E-state index contributed by atoms with van der Waals surface area (Å²) < 4.78 is 17.2. The normalized spacial score (nSPS) is 11.0. The second-order valence-electron chi connectivity index (χ2n) is 5.88. The van der Waals surface area contributed by atoms with Gasteiger partial charge in [-0.3, -0.25) is 4.79 Å². The van der Waals surface area contributed by atoms with Gasteiger partial charge in [0.1, 0.15) is 13.2 Å². The summed E-state index contributed by atoms with van der Waals surface area (Å²) >= 11 is 1.20. The molecule has 3 aromatic rings. The highest BCUT2D eigenvalue weighted by Gasteiger charge is 2.09. The second kappa shape index (κ2) is 9.16. The minimum atomic E-state index is -0.535. The maximum atomic E-state index is 12.0. The molecule has 0 atom stereocenters. The fourth-order valence-corrected chi connectivity index (χ4v) is 3.28. The zero-order chi connectivity index (χ0) is 20.8. The molecule has 0 unspecified atom stereocenters. The van der Waals surface area contributed by atoms with Crippen molar-refractivity contribution in [1.82, 2.24) is 14.6 Å². The van der Waals surface area contributed by atoms with E-state index in [4.69, 9.17) is 14.2 Å². The molecular weight excluding hydrogens is 394 g/mol. The molecule has 0 saturated carbocycles. The molecule has 1 aromatic carbocycles. The Balaban J connectivity index is 1.63. The number of hydrogen-bond donors (Lipinski definition) is 0. The molecule has 0 aliphatic heterocycles. The smallest absolute Gasteiger partial charge is 0.331 e. The van der Waals surface area contributed by atoms with Crippen molar-refractivity contribution >= 4 is 28.3 Å². The molecule has 0 saturated heterocycles. The topological polar surface area (TPSA) is 92.0 Å². The number of ether oxygens (including phenoxy) is 3. The third kappa shape index (κ3) is 5.08. The Morgan fingerprint density at radius 1 is 1.31 bits per heavy atom. The van der Waals surface area contributed by atoms with Crippen LogP contribution in [0.5, 0.6) is 11.5 Å². The van der Waals surface area contributed by atoms with E-state index in [0.29, 0.717) is 33.8 Å². The van der Waals surface area contributed by atoms with Gasteiger partial charge in [0.05, 0.1) is 7.11 Å². The Kier molecular flexibility index (Phi) is 6.40. The predicted octanol–water partition coefficient (Wildman–Crippen LogP) is 2.79. The molecule has 0 N–H and O–H groups in total. The van der Waals surface area contributed by atoms with Gasteiger partial charge in [0.2, 0.25) is 4.96 Å². The fourth-order valence-electron chi connectivity index (χ4n) is 2.42. The number of methoxy groups -OCH3 is 1. The quantitative estimate of drug-likeness (QED) is 0.318. The van der Waals surface area contributed by atoms with Crippen molar-refractivity contribution in [3.63, 3.8) is 0 Å². The Hall–Kier alpha value is -3.46. The van der Waals surface area contributed by atoms with Crippen LogP contribution in [0.15, 0.2) is 47.8 Å². The molecular formula is C20H19N3O5S. The fraction of sp³-hybridized carbons (Fsp3) is 0.200. The number of hydrogen-bond acceptors (Lipinski definition) is 8. The van der Waals surface area contributed by atoms with E-state index in [0.717, 1.165) is 5.56 Å². The Morgan fingerprint density at radius 3 is 2.90 bits per heavy atom. The van der Waals surface area contributed by atoms with Crippen molar-refractivity contribution in [3.05, 3.63) is 69.6 Å². The number of rotatable bonds is 8. The van der Waals surface area contributed by atoms with Crippen LogP contribution < -0.4 is 15.0 Å². The Labute approximate surface area is 170 Å². The average Bonchev–Trinajstić information content (AvgIpc) is 3.12. The van der Waals surface area contributed by atoms with Crippen LogP contribution in [0, 0.1) is 6.92 Å². The zero-order valence-corrected chi connectivity index (χ0v) is 16.8. The molecule has 0 radical (unpaired) electrons. The molecule has 9 heteroatoms. The van der Waals surface area contributed by atoms with Crippen LogP contribution in [-0.2, 0) is 16.1 Å². The first-order valence-electron chi connectivity index (χ1n) is 8.63. The van der Waals surface area contributed by atoms with E-state index in [2.05, 4.69) is 16.7 Å². The van der Waals surface area contributed by atoms with Gasteiger partial charge in [0, 0.05) is 17.8 Å². The highest BCUT2D eigenvalue weighted by molar-refractivity contribution is 7.16. The Morgan fingerprint density at radius 2 is 2.14 bits per heavy atom. The molecule has 0 amide bonds. The van der Waals surface area contributed by atoms with Gasteiger partial charge < -0.3 is 14.2 Å². The lowest BCUT2D eigenvalue weighted by Gasteiger charge is -2.09. The number of aryl methyl sites for hydroxylation is 1. The molecule has 2 heterocycles. The van der Waals surface area contributed by atoms with Crippen LogP contribution >= 0.6 is 11.3 Å². The molecule has 150 valence electrons. The van der Waals surface area contributed by atoms with E-state index in [9.17, 15) is 9.59 Å². The van der Waals surface area contributed by atoms with Crippen molar-refractivity contribution in [2.24, 2.45) is 0 Å². The molecule has 3 rings (SSSR count). The van der Waals surface area contributed by atoms with Gasteiger partial charge >= 0.3 is 5.97 Å². The highest BCUT2D eigenvalue weighted by atomic mass is 32.1. The summed E-state index contributed by atoms with van der Waals surface area (Å²) in [5, 5.41) is 4.60. The van der Waals surface area contributed by atoms with Gasteiger partial charge in [0.15, 0.2) is 16.5 Å². The average molecular weight is 413 g/mol. The third-order valence-electron chi connectivity index (χ3n) is 3.71. The number of aromatic nitrogens is 3. The SMILES string of the molecule is C=CCOc1ccc(/C=C/C(=O)OCc2nn3c(=O)cc(C)nc3s2)cc1OC. The van der Waals surface area contributed by atoms with E-state index in [1.165, 1.54) is 35.1 Å². The largest absolute Gasteiger partial charge is 0.493 e. The molecule has 0 bridgehead atoms. The van der Waals surface area contributed by atoms with E-state index >= 15 is 0 Å². The predicted molar refractivity (Wildman–Crippen MR) is 109 cm³/mol. The van der Waals surface area contributed by atoms with Crippen LogP contribution in [0.1, 0.15) is 16.3 Å². The van der Waals surface area contributed by atoms with Crippen molar-refractivity contribution in [3.8, 4) is 11.5 Å². The lowest BCUT2D eigenvalue weighted by atomic mass is 10.2. The van der Waals surface area contributed by atoms with Gasteiger partial charge in [0.25, 0.3) is 5.56 Å². The third-order valence-corrected chi connectivity index (χ3v) is 4.59. The Bertz CT molecular complexity index is 1130. The van der Waals surface area contributed by atoms with Crippen molar-refractivity contribution in [2.75, 3.05) is 13.7 Å². The number of esters is 1. The van der Waals surface area contributed by atoms with E-state index in [1.807, 2.05) is 0 Å². The van der Waals surface area contributed by atoms with Gasteiger partial charge in [-0.1, -0.05) is 30.1 Å². The van der Waals surface area contributed by atoms with Gasteiger partial charge in [-0.25, -0.2) is 9.78 Å². The number of fused-ring (bicyclic) bond motifs is 1.